The molecule has 24 heavy (non-hydrogen) atoms. The predicted octanol–water partition coefficient (Wildman–Crippen LogP) is 3.51. The first-order valence-corrected chi connectivity index (χ1v) is 7.85. The van der Waals surface area contributed by atoms with Gasteiger partial charge in [0.05, 0.1) is 23.3 Å². The molecule has 3 aromatic rings. The maximum absolute atomic E-state index is 12.2. The summed E-state index contributed by atoms with van der Waals surface area (Å²) in [7, 11) is 1.58. The van der Waals surface area contributed by atoms with Crippen LogP contribution in [0.5, 0.6) is 5.75 Å². The number of carbonyl (C=O) groups is 1. The third-order valence-corrected chi connectivity index (χ3v) is 4.36. The first kappa shape index (κ1) is 15.9. The van der Waals surface area contributed by atoms with Gasteiger partial charge in [0.25, 0.3) is 5.69 Å². The van der Waals surface area contributed by atoms with Crippen LogP contribution < -0.4 is 10.1 Å². The topological polar surface area (TPSA) is 94.4 Å². The molecular formula is C16H13N3O4S. The summed E-state index contributed by atoms with van der Waals surface area (Å²) in [5.41, 5.74) is 0.913. The molecule has 2 aromatic carbocycles. The molecule has 0 radical (unpaired) electrons. The average Bonchev–Trinajstić information content (AvgIpc) is 3.02. The van der Waals surface area contributed by atoms with E-state index in [4.69, 9.17) is 4.74 Å². The number of nitrogens with zero attached hydrogens (tertiary/aromatic N) is 2. The average molecular weight is 343 g/mol. The normalized spacial score (nSPS) is 10.5. The first-order chi connectivity index (χ1) is 11.6. The minimum Gasteiger partial charge on any atom is -0.494 e. The summed E-state index contributed by atoms with van der Waals surface area (Å²) in [4.78, 5) is 26.9. The Hall–Kier alpha value is -3.00. The molecule has 1 N–H and O–H groups in total. The van der Waals surface area contributed by atoms with E-state index in [2.05, 4.69) is 10.3 Å². The number of non-ortho nitro benzene ring substituents is 1. The van der Waals surface area contributed by atoms with Crippen LogP contribution in [0.2, 0.25) is 0 Å². The summed E-state index contributed by atoms with van der Waals surface area (Å²) in [5, 5.41) is 14.3. The third-order valence-electron chi connectivity index (χ3n) is 3.38. The van der Waals surface area contributed by atoms with Crippen molar-refractivity contribution in [1.29, 1.82) is 0 Å². The van der Waals surface area contributed by atoms with E-state index in [9.17, 15) is 14.9 Å². The number of rotatable bonds is 6. The zero-order valence-corrected chi connectivity index (χ0v) is 13.5. The van der Waals surface area contributed by atoms with Crippen molar-refractivity contribution < 1.29 is 14.5 Å². The second kappa shape index (κ2) is 6.63. The van der Waals surface area contributed by atoms with Crippen molar-refractivity contribution in [3.63, 3.8) is 0 Å². The third kappa shape index (κ3) is 3.18. The van der Waals surface area contributed by atoms with Crippen LogP contribution in [0.3, 0.4) is 0 Å². The van der Waals surface area contributed by atoms with E-state index >= 15 is 0 Å². The SMILES string of the molecule is COc1cccc2sc(NCC(=O)c3cccc([N+](=O)[O-])c3)nc12. The lowest BCUT2D eigenvalue weighted by molar-refractivity contribution is -0.384. The van der Waals surface area contributed by atoms with Gasteiger partial charge in [0.15, 0.2) is 10.9 Å². The molecule has 0 fully saturated rings. The number of aromatic nitrogens is 1. The minimum absolute atomic E-state index is 0.00328. The highest BCUT2D eigenvalue weighted by atomic mass is 32.1. The van der Waals surface area contributed by atoms with E-state index in [-0.39, 0.29) is 23.6 Å². The predicted molar refractivity (Wildman–Crippen MR) is 92.1 cm³/mol. The van der Waals surface area contributed by atoms with Gasteiger partial charge in [0.1, 0.15) is 11.3 Å². The Kier molecular flexibility index (Phi) is 4.39. The van der Waals surface area contributed by atoms with Gasteiger partial charge in [-0.3, -0.25) is 14.9 Å². The maximum atomic E-state index is 12.2. The molecular weight excluding hydrogens is 330 g/mol. The molecule has 0 saturated heterocycles. The molecule has 1 heterocycles. The summed E-state index contributed by atoms with van der Waals surface area (Å²) < 4.78 is 6.20. The number of ether oxygens (including phenoxy) is 1. The number of carbonyl (C=O) groups excluding carboxylic acids is 1. The monoisotopic (exact) mass is 343 g/mol. The van der Waals surface area contributed by atoms with Crippen LogP contribution >= 0.6 is 11.3 Å². The number of nitrogens with one attached hydrogen (secondary N) is 1. The summed E-state index contributed by atoms with van der Waals surface area (Å²) in [6.07, 6.45) is 0. The van der Waals surface area contributed by atoms with Gasteiger partial charge in [-0.2, -0.15) is 0 Å². The smallest absolute Gasteiger partial charge is 0.270 e. The number of benzene rings is 2. The van der Waals surface area contributed by atoms with Crippen molar-refractivity contribution in [3.8, 4) is 5.75 Å². The number of ketones is 1. The fourth-order valence-corrected chi connectivity index (χ4v) is 3.09. The zero-order chi connectivity index (χ0) is 17.1. The first-order valence-electron chi connectivity index (χ1n) is 7.03. The van der Waals surface area contributed by atoms with E-state index in [1.54, 1.807) is 13.2 Å². The Bertz CT molecular complexity index is 923. The summed E-state index contributed by atoms with van der Waals surface area (Å²) in [6, 6.07) is 11.3. The molecule has 0 aliphatic carbocycles. The zero-order valence-electron chi connectivity index (χ0n) is 12.7. The number of anilines is 1. The molecule has 1 aromatic heterocycles. The lowest BCUT2D eigenvalue weighted by Gasteiger charge is -2.02. The Labute approximate surface area is 141 Å². The van der Waals surface area contributed by atoms with Crippen molar-refractivity contribution in [1.82, 2.24) is 4.98 Å². The maximum Gasteiger partial charge on any atom is 0.270 e. The van der Waals surface area contributed by atoms with Crippen LogP contribution in [0.25, 0.3) is 10.2 Å². The number of methoxy groups -OCH3 is 1. The molecule has 0 spiro atoms. The van der Waals surface area contributed by atoms with Gasteiger partial charge in [-0.15, -0.1) is 0 Å². The van der Waals surface area contributed by atoms with Crippen molar-refractivity contribution in [2.45, 2.75) is 0 Å². The summed E-state index contributed by atoms with van der Waals surface area (Å²) in [6.45, 7) is 0.00328. The quantitative estimate of drug-likeness (QED) is 0.418. The van der Waals surface area contributed by atoms with Gasteiger partial charge >= 0.3 is 0 Å². The van der Waals surface area contributed by atoms with Crippen LogP contribution in [-0.2, 0) is 0 Å². The molecule has 122 valence electrons. The number of fused-ring (bicyclic) bond motifs is 1. The highest BCUT2D eigenvalue weighted by Gasteiger charge is 2.13. The largest absolute Gasteiger partial charge is 0.494 e. The molecule has 0 aliphatic rings. The Morgan fingerprint density at radius 3 is 2.88 bits per heavy atom. The standard InChI is InChI=1S/C16H13N3O4S/c1-23-13-6-3-7-14-15(13)18-16(24-14)17-9-12(20)10-4-2-5-11(8-10)19(21)22/h2-8H,9H2,1H3,(H,17,18). The van der Waals surface area contributed by atoms with Gasteiger partial charge in [-0.05, 0) is 12.1 Å². The van der Waals surface area contributed by atoms with Crippen molar-refractivity contribution in [2.24, 2.45) is 0 Å². The molecule has 3 rings (SSSR count). The van der Waals surface area contributed by atoms with E-state index in [1.807, 2.05) is 18.2 Å². The lowest BCUT2D eigenvalue weighted by atomic mass is 10.1. The number of hydrogen-bond acceptors (Lipinski definition) is 7. The second-order valence-electron chi connectivity index (χ2n) is 4.91. The van der Waals surface area contributed by atoms with Crippen molar-refractivity contribution >= 4 is 38.2 Å². The van der Waals surface area contributed by atoms with Gasteiger partial charge < -0.3 is 10.1 Å². The fourth-order valence-electron chi connectivity index (χ4n) is 2.21. The molecule has 0 bridgehead atoms. The van der Waals surface area contributed by atoms with Gasteiger partial charge in [0.2, 0.25) is 0 Å². The Morgan fingerprint density at radius 1 is 1.33 bits per heavy atom. The number of nitro benzene ring substituents is 1. The fraction of sp³-hybridized carbons (Fsp3) is 0.125. The highest BCUT2D eigenvalue weighted by molar-refractivity contribution is 7.22. The number of hydrogen-bond donors (Lipinski definition) is 1. The Morgan fingerprint density at radius 2 is 2.12 bits per heavy atom. The van der Waals surface area contributed by atoms with Crippen molar-refractivity contribution in [3.05, 3.63) is 58.1 Å². The van der Waals surface area contributed by atoms with Crippen LogP contribution in [-0.4, -0.2) is 29.3 Å². The van der Waals surface area contributed by atoms with Crippen LogP contribution in [0.15, 0.2) is 42.5 Å². The number of nitro groups is 1. The molecule has 0 atom stereocenters. The van der Waals surface area contributed by atoms with Gasteiger partial charge in [-0.1, -0.05) is 29.5 Å². The van der Waals surface area contributed by atoms with E-state index in [0.717, 1.165) is 10.2 Å². The van der Waals surface area contributed by atoms with E-state index < -0.39 is 4.92 Å². The van der Waals surface area contributed by atoms with Crippen LogP contribution in [0, 0.1) is 10.1 Å². The molecule has 0 saturated carbocycles. The number of thiazole rings is 1. The molecule has 0 amide bonds. The summed E-state index contributed by atoms with van der Waals surface area (Å²) >= 11 is 1.41. The molecule has 0 unspecified atom stereocenters. The van der Waals surface area contributed by atoms with Gasteiger partial charge in [0, 0.05) is 17.7 Å². The molecule has 7 nitrogen and oxygen atoms in total. The molecule has 0 aliphatic heterocycles. The number of Topliss-reactive ketones (excluding diaryl/α,β-unsaturated/α-hetero) is 1. The van der Waals surface area contributed by atoms with Gasteiger partial charge in [-0.25, -0.2) is 4.98 Å². The van der Waals surface area contributed by atoms with E-state index in [0.29, 0.717) is 10.9 Å². The highest BCUT2D eigenvalue weighted by Crippen LogP contribution is 2.32. The van der Waals surface area contributed by atoms with E-state index in [1.165, 1.54) is 29.5 Å². The second-order valence-corrected chi connectivity index (χ2v) is 5.94. The van der Waals surface area contributed by atoms with Crippen molar-refractivity contribution in [2.75, 3.05) is 19.0 Å². The van der Waals surface area contributed by atoms with Crippen LogP contribution in [0.4, 0.5) is 10.8 Å². The summed E-state index contributed by atoms with van der Waals surface area (Å²) in [5.74, 6) is 0.423. The van der Waals surface area contributed by atoms with Crippen LogP contribution in [0.1, 0.15) is 10.4 Å². The minimum atomic E-state index is -0.524. The Balaban J connectivity index is 1.75. The number of para-hydroxylation sites is 1. The lowest BCUT2D eigenvalue weighted by Crippen LogP contribution is -2.14. The molecule has 8 heteroatoms.